The lowest BCUT2D eigenvalue weighted by molar-refractivity contribution is 1.19. The normalized spacial score (nSPS) is 10.9. The minimum Gasteiger partial charge on any atom is -0.397 e. The summed E-state index contributed by atoms with van der Waals surface area (Å²) in [5, 5.41) is 0. The molecule has 0 unspecified atom stereocenters. The topological polar surface area (TPSA) is 38.9 Å². The van der Waals surface area contributed by atoms with Crippen LogP contribution >= 0.6 is 11.6 Å². The predicted molar refractivity (Wildman–Crippen MR) is 57.8 cm³/mol. The van der Waals surface area contributed by atoms with Crippen molar-refractivity contribution >= 4 is 23.4 Å². The second-order valence-electron chi connectivity index (χ2n) is 2.82. The molecule has 0 atom stereocenters. The Morgan fingerprint density at radius 2 is 2.38 bits per heavy atom. The van der Waals surface area contributed by atoms with E-state index in [1.54, 1.807) is 6.20 Å². The summed E-state index contributed by atoms with van der Waals surface area (Å²) in [4.78, 5) is 4.15. The second kappa shape index (κ2) is 4.87. The maximum absolute atomic E-state index is 5.61. The highest BCUT2D eigenvalue weighted by atomic mass is 35.5. The maximum atomic E-state index is 5.61. The van der Waals surface area contributed by atoms with E-state index in [-0.39, 0.29) is 0 Å². The Kier molecular flexibility index (Phi) is 3.77. The molecular weight excluding hydrogens is 184 g/mol. The van der Waals surface area contributed by atoms with Gasteiger partial charge in [0.05, 0.1) is 11.9 Å². The molecule has 0 aromatic carbocycles. The number of nitrogens with two attached hydrogens (primary N) is 1. The van der Waals surface area contributed by atoms with Crippen molar-refractivity contribution in [1.29, 1.82) is 0 Å². The van der Waals surface area contributed by atoms with E-state index in [9.17, 15) is 0 Å². The number of hydrogen-bond donors (Lipinski definition) is 1. The summed E-state index contributed by atoms with van der Waals surface area (Å²) in [5.41, 5.74) is 8.35. The van der Waals surface area contributed by atoms with E-state index in [1.807, 2.05) is 25.1 Å². The summed E-state index contributed by atoms with van der Waals surface area (Å²) < 4.78 is 0. The molecule has 0 fully saturated rings. The van der Waals surface area contributed by atoms with E-state index < -0.39 is 0 Å². The highest BCUT2D eigenvalue weighted by Gasteiger charge is 1.95. The van der Waals surface area contributed by atoms with Gasteiger partial charge in [0.1, 0.15) is 0 Å². The number of hydrogen-bond acceptors (Lipinski definition) is 2. The van der Waals surface area contributed by atoms with E-state index >= 15 is 0 Å². The molecule has 0 aliphatic rings. The highest BCUT2D eigenvalue weighted by molar-refractivity contribution is 6.17. The van der Waals surface area contributed by atoms with Crippen LogP contribution in [0.3, 0.4) is 0 Å². The Morgan fingerprint density at radius 1 is 1.62 bits per heavy atom. The third-order valence-electron chi connectivity index (χ3n) is 1.72. The van der Waals surface area contributed by atoms with E-state index in [0.29, 0.717) is 11.6 Å². The van der Waals surface area contributed by atoms with Crippen LogP contribution in [0.25, 0.3) is 6.08 Å². The number of aromatic nitrogens is 1. The van der Waals surface area contributed by atoms with Crippen LogP contribution in [0.5, 0.6) is 0 Å². The summed E-state index contributed by atoms with van der Waals surface area (Å²) in [7, 11) is 0. The van der Waals surface area contributed by atoms with Gasteiger partial charge in [-0.2, -0.15) is 0 Å². The van der Waals surface area contributed by atoms with Crippen molar-refractivity contribution < 1.29 is 0 Å². The number of allylic oxidation sites excluding steroid dienone is 1. The highest BCUT2D eigenvalue weighted by Crippen LogP contribution is 2.11. The van der Waals surface area contributed by atoms with Gasteiger partial charge < -0.3 is 5.73 Å². The number of nitrogens with zero attached hydrogens (tertiary/aromatic N) is 1. The number of anilines is 1. The summed E-state index contributed by atoms with van der Waals surface area (Å²) in [5.74, 6) is 0.644. The average molecular weight is 197 g/mol. The van der Waals surface area contributed by atoms with Gasteiger partial charge in [-0.15, -0.1) is 11.6 Å². The first kappa shape index (κ1) is 10.1. The second-order valence-corrected chi connectivity index (χ2v) is 3.20. The lowest BCUT2D eigenvalue weighted by Gasteiger charge is -1.99. The zero-order valence-electron chi connectivity index (χ0n) is 7.63. The summed E-state index contributed by atoms with van der Waals surface area (Å²) >= 11 is 5.55. The molecule has 0 amide bonds. The lowest BCUT2D eigenvalue weighted by atomic mass is 10.1. The summed E-state index contributed by atoms with van der Waals surface area (Å²) in [6, 6.07) is 1.91. The molecule has 1 aromatic heterocycles. The smallest absolute Gasteiger partial charge is 0.0506 e. The van der Waals surface area contributed by atoms with Crippen molar-refractivity contribution in [2.24, 2.45) is 0 Å². The number of rotatable bonds is 3. The van der Waals surface area contributed by atoms with Crippen molar-refractivity contribution in [3.8, 4) is 0 Å². The molecule has 2 nitrogen and oxygen atoms in total. The fourth-order valence-electron chi connectivity index (χ4n) is 1.01. The van der Waals surface area contributed by atoms with E-state index in [2.05, 4.69) is 4.98 Å². The van der Waals surface area contributed by atoms with Crippen molar-refractivity contribution in [3.63, 3.8) is 0 Å². The number of pyridine rings is 1. The first-order valence-electron chi connectivity index (χ1n) is 4.18. The molecule has 0 bridgehead atoms. The average Bonchev–Trinajstić information content (AvgIpc) is 2.11. The zero-order valence-corrected chi connectivity index (χ0v) is 8.38. The largest absolute Gasteiger partial charge is 0.397 e. The van der Waals surface area contributed by atoms with Gasteiger partial charge >= 0.3 is 0 Å². The van der Waals surface area contributed by atoms with Crippen molar-refractivity contribution in [2.75, 3.05) is 11.6 Å². The van der Waals surface area contributed by atoms with Crippen LogP contribution in [0.2, 0.25) is 0 Å². The van der Waals surface area contributed by atoms with Gasteiger partial charge in [0, 0.05) is 11.6 Å². The van der Waals surface area contributed by atoms with Crippen LogP contribution in [0.4, 0.5) is 5.69 Å². The monoisotopic (exact) mass is 196 g/mol. The van der Waals surface area contributed by atoms with Gasteiger partial charge in [0.15, 0.2) is 0 Å². The van der Waals surface area contributed by atoms with Gasteiger partial charge in [-0.3, -0.25) is 4.98 Å². The first-order chi connectivity index (χ1) is 6.24. The molecule has 70 valence electrons. The molecule has 3 heteroatoms. The Hall–Kier alpha value is -1.02. The molecule has 1 heterocycles. The summed E-state index contributed by atoms with van der Waals surface area (Å²) in [6.07, 6.45) is 6.56. The van der Waals surface area contributed by atoms with Crippen molar-refractivity contribution in [2.45, 2.75) is 13.3 Å². The van der Waals surface area contributed by atoms with Crippen LogP contribution in [-0.4, -0.2) is 10.9 Å². The van der Waals surface area contributed by atoms with Gasteiger partial charge in [0.25, 0.3) is 0 Å². The van der Waals surface area contributed by atoms with Crippen LogP contribution in [0.15, 0.2) is 18.3 Å². The third kappa shape index (κ3) is 3.07. The van der Waals surface area contributed by atoms with Crippen molar-refractivity contribution in [1.82, 2.24) is 4.98 Å². The SMILES string of the molecule is Cc1ncc(N)cc1C=CCCCl. The minimum absolute atomic E-state index is 0.644. The Bertz CT molecular complexity index is 308. The van der Waals surface area contributed by atoms with Crippen LogP contribution in [0, 0.1) is 6.92 Å². The number of alkyl halides is 1. The molecule has 0 saturated heterocycles. The van der Waals surface area contributed by atoms with Crippen LogP contribution < -0.4 is 5.73 Å². The predicted octanol–water partition coefficient (Wildman–Crippen LogP) is 2.61. The van der Waals surface area contributed by atoms with E-state index in [1.165, 1.54) is 0 Å². The fraction of sp³-hybridized carbons (Fsp3) is 0.300. The van der Waals surface area contributed by atoms with Gasteiger partial charge in [-0.25, -0.2) is 0 Å². The van der Waals surface area contributed by atoms with Crippen LogP contribution in [0.1, 0.15) is 17.7 Å². The van der Waals surface area contributed by atoms with Gasteiger partial charge in [-0.1, -0.05) is 12.2 Å². The van der Waals surface area contributed by atoms with E-state index in [4.69, 9.17) is 17.3 Å². The quantitative estimate of drug-likeness (QED) is 0.755. The molecule has 0 saturated carbocycles. The molecule has 0 aliphatic heterocycles. The minimum atomic E-state index is 0.644. The first-order valence-corrected chi connectivity index (χ1v) is 4.72. The lowest BCUT2D eigenvalue weighted by Crippen LogP contribution is -1.91. The molecule has 13 heavy (non-hydrogen) atoms. The Labute approximate surface area is 83.4 Å². The maximum Gasteiger partial charge on any atom is 0.0506 e. The molecule has 0 aliphatic carbocycles. The number of aryl methyl sites for hydroxylation is 1. The van der Waals surface area contributed by atoms with Gasteiger partial charge in [0.2, 0.25) is 0 Å². The zero-order chi connectivity index (χ0) is 9.68. The van der Waals surface area contributed by atoms with Crippen LogP contribution in [-0.2, 0) is 0 Å². The number of halogens is 1. The molecular formula is C10H13ClN2. The summed E-state index contributed by atoms with van der Waals surface area (Å²) in [6.45, 7) is 1.96. The molecule has 0 spiro atoms. The van der Waals surface area contributed by atoms with E-state index in [0.717, 1.165) is 17.7 Å². The molecule has 2 N–H and O–H groups in total. The fourth-order valence-corrected chi connectivity index (χ4v) is 1.14. The molecule has 0 radical (unpaired) electrons. The standard InChI is InChI=1S/C10H13ClN2/c1-8-9(4-2-3-5-11)6-10(12)7-13-8/h2,4,6-7H,3,5,12H2,1H3. The van der Waals surface area contributed by atoms with Gasteiger partial charge in [-0.05, 0) is 25.0 Å². The third-order valence-corrected chi connectivity index (χ3v) is 1.94. The molecule has 1 rings (SSSR count). The van der Waals surface area contributed by atoms with Crippen molar-refractivity contribution in [3.05, 3.63) is 29.6 Å². The number of nitrogen functional groups attached to an aromatic ring is 1. The Balaban J connectivity index is 2.81. The Morgan fingerprint density at radius 3 is 3.08 bits per heavy atom. The molecule has 1 aromatic rings.